The number of esters is 2. The van der Waals surface area contributed by atoms with Gasteiger partial charge in [-0.3, -0.25) is 9.59 Å². The van der Waals surface area contributed by atoms with Crippen LogP contribution in [0.15, 0.2) is 0 Å². The van der Waals surface area contributed by atoms with Crippen LogP contribution in [0.1, 0.15) is 33.6 Å². The van der Waals surface area contributed by atoms with Crippen molar-refractivity contribution in [1.29, 1.82) is 0 Å². The summed E-state index contributed by atoms with van der Waals surface area (Å²) >= 11 is 5.35. The third-order valence-corrected chi connectivity index (χ3v) is 2.50. The van der Waals surface area contributed by atoms with E-state index < -0.39 is 5.41 Å². The van der Waals surface area contributed by atoms with Gasteiger partial charge in [-0.2, -0.15) is 0 Å². The third-order valence-electron chi connectivity index (χ3n) is 2.31. The molecule has 5 heteroatoms. The smallest absolute Gasteiger partial charge is 0.311 e. The van der Waals surface area contributed by atoms with Crippen LogP contribution in [0.5, 0.6) is 0 Å². The number of rotatable bonds is 7. The van der Waals surface area contributed by atoms with Gasteiger partial charge in [-0.05, 0) is 20.3 Å². The quantitative estimate of drug-likeness (QED) is 0.395. The maximum Gasteiger partial charge on any atom is 0.311 e. The van der Waals surface area contributed by atoms with Crippen molar-refractivity contribution in [3.63, 3.8) is 0 Å². The molecular weight excluding hydrogens is 232 g/mol. The molecule has 4 nitrogen and oxygen atoms in total. The van der Waals surface area contributed by atoms with Gasteiger partial charge in [0.15, 0.2) is 0 Å². The van der Waals surface area contributed by atoms with E-state index in [9.17, 15) is 9.59 Å². The Labute approximate surface area is 101 Å². The summed E-state index contributed by atoms with van der Waals surface area (Å²) in [6.45, 7) is 5.73. The van der Waals surface area contributed by atoms with E-state index in [1.54, 1.807) is 0 Å². The average Bonchev–Trinajstić information content (AvgIpc) is 2.24. The summed E-state index contributed by atoms with van der Waals surface area (Å²) in [5.74, 6) is -0.411. The van der Waals surface area contributed by atoms with Gasteiger partial charge >= 0.3 is 11.9 Å². The molecule has 0 radical (unpaired) electrons. The lowest BCUT2D eigenvalue weighted by Crippen LogP contribution is -2.27. The van der Waals surface area contributed by atoms with Gasteiger partial charge in [-0.15, -0.1) is 11.6 Å². The summed E-state index contributed by atoms with van der Waals surface area (Å²) in [7, 11) is 0. The Hall–Kier alpha value is -0.770. The predicted molar refractivity (Wildman–Crippen MR) is 61.3 cm³/mol. The van der Waals surface area contributed by atoms with Crippen LogP contribution in [0.2, 0.25) is 0 Å². The molecule has 0 amide bonds. The van der Waals surface area contributed by atoms with Crippen LogP contribution in [0, 0.1) is 5.41 Å². The number of hydrogen-bond acceptors (Lipinski definition) is 4. The maximum atomic E-state index is 11.5. The van der Waals surface area contributed by atoms with Gasteiger partial charge in [-0.25, -0.2) is 0 Å². The van der Waals surface area contributed by atoms with Gasteiger partial charge in [-0.1, -0.05) is 6.92 Å². The molecule has 0 rings (SSSR count). The normalized spacial score (nSPS) is 11.0. The highest BCUT2D eigenvalue weighted by molar-refractivity contribution is 6.18. The monoisotopic (exact) mass is 250 g/mol. The fourth-order valence-electron chi connectivity index (χ4n) is 0.779. The van der Waals surface area contributed by atoms with Gasteiger partial charge in [0.25, 0.3) is 0 Å². The molecule has 0 atom stereocenters. The lowest BCUT2D eigenvalue weighted by molar-refractivity contribution is -0.159. The SMILES string of the molecule is CCC(C)(C)C(=O)OCCOC(=O)CCCl. The van der Waals surface area contributed by atoms with Crippen LogP contribution in [-0.4, -0.2) is 31.0 Å². The Bertz CT molecular complexity index is 238. The molecule has 0 aliphatic carbocycles. The zero-order chi connectivity index (χ0) is 12.6. The minimum absolute atomic E-state index is 0.0846. The van der Waals surface area contributed by atoms with Crippen LogP contribution < -0.4 is 0 Å². The number of ether oxygens (including phenoxy) is 2. The Morgan fingerprint density at radius 1 is 1.19 bits per heavy atom. The molecule has 0 bridgehead atoms. The van der Waals surface area contributed by atoms with Crippen LogP contribution >= 0.6 is 11.6 Å². The van der Waals surface area contributed by atoms with E-state index in [1.165, 1.54) is 0 Å². The fraction of sp³-hybridized carbons (Fsp3) is 0.818. The summed E-state index contributed by atoms with van der Waals surface area (Å²) in [5, 5.41) is 0. The number of carbonyl (C=O) groups excluding carboxylic acids is 2. The number of alkyl halides is 1. The Morgan fingerprint density at radius 2 is 1.75 bits per heavy atom. The Balaban J connectivity index is 3.67. The summed E-state index contributed by atoms with van der Waals surface area (Å²) in [6, 6.07) is 0. The van der Waals surface area contributed by atoms with Crippen LogP contribution in [0.25, 0.3) is 0 Å². The topological polar surface area (TPSA) is 52.6 Å². The molecule has 0 fully saturated rings. The first-order valence-electron chi connectivity index (χ1n) is 5.33. The van der Waals surface area contributed by atoms with Crippen molar-refractivity contribution in [1.82, 2.24) is 0 Å². The number of hydrogen-bond donors (Lipinski definition) is 0. The van der Waals surface area contributed by atoms with E-state index in [-0.39, 0.29) is 37.5 Å². The standard InChI is InChI=1S/C11H19ClO4/c1-4-11(2,3)10(14)16-8-7-15-9(13)5-6-12/h4-8H2,1-3H3. The lowest BCUT2D eigenvalue weighted by atomic mass is 9.91. The highest BCUT2D eigenvalue weighted by Gasteiger charge is 2.26. The van der Waals surface area contributed by atoms with E-state index in [1.807, 2.05) is 20.8 Å². The van der Waals surface area contributed by atoms with E-state index in [0.29, 0.717) is 6.42 Å². The second-order valence-electron chi connectivity index (χ2n) is 4.03. The zero-order valence-corrected chi connectivity index (χ0v) is 10.8. The molecule has 0 aliphatic heterocycles. The van der Waals surface area contributed by atoms with Crippen molar-refractivity contribution in [3.05, 3.63) is 0 Å². The van der Waals surface area contributed by atoms with Crippen LogP contribution in [0.3, 0.4) is 0 Å². The van der Waals surface area contributed by atoms with E-state index >= 15 is 0 Å². The van der Waals surface area contributed by atoms with Gasteiger partial charge < -0.3 is 9.47 Å². The first-order valence-corrected chi connectivity index (χ1v) is 5.86. The summed E-state index contributed by atoms with van der Waals surface area (Å²) < 4.78 is 9.76. The zero-order valence-electron chi connectivity index (χ0n) is 10.0. The van der Waals surface area contributed by atoms with E-state index in [2.05, 4.69) is 0 Å². The molecule has 0 aromatic carbocycles. The van der Waals surface area contributed by atoms with Gasteiger partial charge in [0.1, 0.15) is 13.2 Å². The molecule has 0 unspecified atom stereocenters. The summed E-state index contributed by atoms with van der Waals surface area (Å²) in [5.41, 5.74) is -0.486. The number of carbonyl (C=O) groups is 2. The van der Waals surface area contributed by atoms with Crippen molar-refractivity contribution >= 4 is 23.5 Å². The minimum Gasteiger partial charge on any atom is -0.462 e. The molecule has 0 spiro atoms. The summed E-state index contributed by atoms with van der Waals surface area (Å²) in [6.07, 6.45) is 0.883. The van der Waals surface area contributed by atoms with Crippen molar-refractivity contribution in [2.75, 3.05) is 19.1 Å². The molecule has 0 aromatic heterocycles. The first-order chi connectivity index (χ1) is 7.44. The molecule has 16 heavy (non-hydrogen) atoms. The van der Waals surface area contributed by atoms with Gasteiger partial charge in [0, 0.05) is 5.88 Å². The van der Waals surface area contributed by atoms with Crippen molar-refractivity contribution in [2.24, 2.45) is 5.41 Å². The molecule has 0 aromatic rings. The maximum absolute atomic E-state index is 11.5. The number of halogens is 1. The van der Waals surface area contributed by atoms with Crippen molar-refractivity contribution in [3.8, 4) is 0 Å². The molecule has 0 N–H and O–H groups in total. The summed E-state index contributed by atoms with van der Waals surface area (Å²) in [4.78, 5) is 22.4. The van der Waals surface area contributed by atoms with E-state index in [4.69, 9.17) is 21.1 Å². The molecule has 94 valence electrons. The first kappa shape index (κ1) is 15.2. The Morgan fingerprint density at radius 3 is 2.25 bits per heavy atom. The minimum atomic E-state index is -0.486. The molecular formula is C11H19ClO4. The van der Waals surface area contributed by atoms with E-state index in [0.717, 1.165) is 0 Å². The van der Waals surface area contributed by atoms with Crippen LogP contribution in [0.4, 0.5) is 0 Å². The fourth-order valence-corrected chi connectivity index (χ4v) is 0.933. The average molecular weight is 251 g/mol. The van der Waals surface area contributed by atoms with Crippen molar-refractivity contribution in [2.45, 2.75) is 33.6 Å². The van der Waals surface area contributed by atoms with Crippen molar-refractivity contribution < 1.29 is 19.1 Å². The molecule has 0 saturated carbocycles. The van der Waals surface area contributed by atoms with Crippen LogP contribution in [-0.2, 0) is 19.1 Å². The largest absolute Gasteiger partial charge is 0.462 e. The second-order valence-corrected chi connectivity index (χ2v) is 4.41. The molecule has 0 aliphatic rings. The Kier molecular flexibility index (Phi) is 7.13. The van der Waals surface area contributed by atoms with Gasteiger partial charge in [0.2, 0.25) is 0 Å². The lowest BCUT2D eigenvalue weighted by Gasteiger charge is -2.20. The highest BCUT2D eigenvalue weighted by Crippen LogP contribution is 2.21. The second kappa shape index (κ2) is 7.49. The molecule has 0 saturated heterocycles. The third kappa shape index (κ3) is 5.95. The highest BCUT2D eigenvalue weighted by atomic mass is 35.5. The molecule has 0 heterocycles. The predicted octanol–water partition coefficient (Wildman–Crippen LogP) is 2.14. The van der Waals surface area contributed by atoms with Gasteiger partial charge in [0.05, 0.1) is 11.8 Å².